The fourth-order valence-electron chi connectivity index (χ4n) is 2.96. The molecule has 126 valence electrons. The maximum atomic E-state index is 11.7. The summed E-state index contributed by atoms with van der Waals surface area (Å²) in [5, 5.41) is 0. The van der Waals surface area contributed by atoms with Crippen LogP contribution < -0.4 is 5.73 Å². The molecule has 1 fully saturated rings. The third-order valence-electron chi connectivity index (χ3n) is 4.07. The lowest BCUT2D eigenvalue weighted by Gasteiger charge is -2.23. The van der Waals surface area contributed by atoms with Crippen molar-refractivity contribution in [2.75, 3.05) is 27.2 Å². The predicted octanol–water partition coefficient (Wildman–Crippen LogP) is 0.428. The zero-order chi connectivity index (χ0) is 17.0. The minimum Gasteiger partial charge on any atom is -0.369 e. The molecule has 23 heavy (non-hydrogen) atoms. The first-order valence-corrected chi connectivity index (χ1v) is 7.93. The van der Waals surface area contributed by atoms with Crippen LogP contribution in [-0.4, -0.2) is 58.8 Å². The number of carbonyl (C=O) groups excluding carboxylic acids is 2. The molecule has 0 saturated carbocycles. The fourth-order valence-corrected chi connectivity index (χ4v) is 2.96. The lowest BCUT2D eigenvalue weighted by Crippen LogP contribution is -2.33. The highest BCUT2D eigenvalue weighted by atomic mass is 16.2. The Kier molecular flexibility index (Phi) is 5.65. The van der Waals surface area contributed by atoms with Gasteiger partial charge in [-0.3, -0.25) is 14.5 Å². The van der Waals surface area contributed by atoms with Gasteiger partial charge in [0.15, 0.2) is 0 Å². The highest BCUT2D eigenvalue weighted by Crippen LogP contribution is 2.30. The Morgan fingerprint density at radius 3 is 2.78 bits per heavy atom. The first-order chi connectivity index (χ1) is 10.9. The first kappa shape index (κ1) is 17.3. The summed E-state index contributed by atoms with van der Waals surface area (Å²) in [6.07, 6.45) is 3.00. The maximum Gasteiger partial charge on any atom is 0.231 e. The maximum absolute atomic E-state index is 11.7. The largest absolute Gasteiger partial charge is 0.369 e. The van der Waals surface area contributed by atoms with Gasteiger partial charge in [0.1, 0.15) is 5.82 Å². The van der Waals surface area contributed by atoms with E-state index >= 15 is 0 Å². The minimum atomic E-state index is -0.320. The number of carbonyl (C=O) groups is 2. The average molecular weight is 319 g/mol. The quantitative estimate of drug-likeness (QED) is 0.821. The number of rotatable bonds is 6. The molecule has 1 saturated heterocycles. The molecule has 7 nitrogen and oxygen atoms in total. The molecule has 0 spiro atoms. The van der Waals surface area contributed by atoms with E-state index in [1.807, 2.05) is 13.0 Å². The Morgan fingerprint density at radius 2 is 2.13 bits per heavy atom. The van der Waals surface area contributed by atoms with E-state index in [9.17, 15) is 9.59 Å². The standard InChI is InChI=1S/C16H25N5O2/c1-11-18-12(6-7-16(23)20(2)3)9-13(19-11)14-5-4-8-21(14)10-15(17)22/h9,14H,4-8,10H2,1-3H3,(H2,17,22)/t14-/m0/s1. The van der Waals surface area contributed by atoms with Gasteiger partial charge in [0, 0.05) is 26.2 Å². The molecule has 0 aliphatic carbocycles. The Labute approximate surface area is 136 Å². The third-order valence-corrected chi connectivity index (χ3v) is 4.07. The zero-order valence-electron chi connectivity index (χ0n) is 14.1. The lowest BCUT2D eigenvalue weighted by molar-refractivity contribution is -0.128. The van der Waals surface area contributed by atoms with Gasteiger partial charge in [0.05, 0.1) is 18.3 Å². The van der Waals surface area contributed by atoms with Crippen LogP contribution in [0.15, 0.2) is 6.07 Å². The van der Waals surface area contributed by atoms with Gasteiger partial charge in [-0.15, -0.1) is 0 Å². The minimum absolute atomic E-state index is 0.0824. The second-order valence-corrected chi connectivity index (χ2v) is 6.21. The SMILES string of the molecule is Cc1nc(CCC(=O)N(C)C)cc([C@@H]2CCCN2CC(N)=O)n1. The molecule has 2 heterocycles. The number of primary amides is 1. The van der Waals surface area contributed by atoms with Crippen molar-refractivity contribution in [2.45, 2.75) is 38.6 Å². The van der Waals surface area contributed by atoms with E-state index < -0.39 is 0 Å². The normalized spacial score (nSPS) is 18.1. The van der Waals surface area contributed by atoms with E-state index in [1.165, 1.54) is 0 Å². The predicted molar refractivity (Wildman–Crippen MR) is 86.5 cm³/mol. The number of amides is 2. The molecule has 1 aliphatic heterocycles. The van der Waals surface area contributed by atoms with E-state index in [1.54, 1.807) is 19.0 Å². The van der Waals surface area contributed by atoms with Crippen LogP contribution in [-0.2, 0) is 16.0 Å². The highest BCUT2D eigenvalue weighted by molar-refractivity contribution is 5.76. The molecule has 0 aromatic carbocycles. The molecule has 2 amide bonds. The van der Waals surface area contributed by atoms with Gasteiger partial charge >= 0.3 is 0 Å². The van der Waals surface area contributed by atoms with E-state index in [2.05, 4.69) is 14.9 Å². The van der Waals surface area contributed by atoms with Gasteiger partial charge in [-0.05, 0) is 38.8 Å². The molecule has 7 heteroatoms. The lowest BCUT2D eigenvalue weighted by atomic mass is 10.1. The molecular formula is C16H25N5O2. The summed E-state index contributed by atoms with van der Waals surface area (Å²) < 4.78 is 0. The van der Waals surface area contributed by atoms with Gasteiger partial charge in [0.25, 0.3) is 0 Å². The van der Waals surface area contributed by atoms with Crippen molar-refractivity contribution in [3.63, 3.8) is 0 Å². The monoisotopic (exact) mass is 319 g/mol. The summed E-state index contributed by atoms with van der Waals surface area (Å²) in [5.41, 5.74) is 7.12. The summed E-state index contributed by atoms with van der Waals surface area (Å²) in [6.45, 7) is 2.96. The summed E-state index contributed by atoms with van der Waals surface area (Å²) in [6, 6.07) is 2.06. The summed E-state index contributed by atoms with van der Waals surface area (Å²) in [4.78, 5) is 35.6. The highest BCUT2D eigenvalue weighted by Gasteiger charge is 2.28. The molecule has 0 bridgehead atoms. The van der Waals surface area contributed by atoms with Gasteiger partial charge in [0.2, 0.25) is 11.8 Å². The second kappa shape index (κ2) is 7.50. The van der Waals surface area contributed by atoms with Crippen molar-refractivity contribution in [3.8, 4) is 0 Å². The van der Waals surface area contributed by atoms with Gasteiger partial charge in [-0.25, -0.2) is 9.97 Å². The van der Waals surface area contributed by atoms with E-state index in [0.717, 1.165) is 30.8 Å². The fraction of sp³-hybridized carbons (Fsp3) is 0.625. The Morgan fingerprint density at radius 1 is 1.39 bits per heavy atom. The molecule has 1 atom stereocenters. The number of aryl methyl sites for hydroxylation is 2. The molecule has 1 aliphatic rings. The van der Waals surface area contributed by atoms with Crippen molar-refractivity contribution in [2.24, 2.45) is 5.73 Å². The molecular weight excluding hydrogens is 294 g/mol. The molecule has 2 rings (SSSR count). The van der Waals surface area contributed by atoms with Crippen molar-refractivity contribution in [3.05, 3.63) is 23.3 Å². The Balaban J connectivity index is 2.13. The van der Waals surface area contributed by atoms with Gasteiger partial charge in [-0.2, -0.15) is 0 Å². The number of hydrogen-bond donors (Lipinski definition) is 1. The Bertz CT molecular complexity index is 588. The number of nitrogens with zero attached hydrogens (tertiary/aromatic N) is 4. The van der Waals surface area contributed by atoms with Crippen LogP contribution in [0, 0.1) is 6.92 Å². The summed E-state index contributed by atoms with van der Waals surface area (Å²) >= 11 is 0. The topological polar surface area (TPSA) is 92.4 Å². The van der Waals surface area contributed by atoms with Crippen LogP contribution in [0.5, 0.6) is 0 Å². The van der Waals surface area contributed by atoms with E-state index in [0.29, 0.717) is 18.7 Å². The van der Waals surface area contributed by atoms with E-state index in [4.69, 9.17) is 5.73 Å². The average Bonchev–Trinajstić information content (AvgIpc) is 2.91. The summed E-state index contributed by atoms with van der Waals surface area (Å²) in [5.74, 6) is 0.458. The number of likely N-dealkylation sites (tertiary alicyclic amines) is 1. The molecule has 0 unspecified atom stereocenters. The number of nitrogens with two attached hydrogens (primary N) is 1. The molecule has 1 aromatic rings. The number of hydrogen-bond acceptors (Lipinski definition) is 5. The zero-order valence-corrected chi connectivity index (χ0v) is 14.1. The molecule has 1 aromatic heterocycles. The second-order valence-electron chi connectivity index (χ2n) is 6.21. The molecule has 0 radical (unpaired) electrons. The van der Waals surface area contributed by atoms with E-state index in [-0.39, 0.29) is 24.4 Å². The van der Waals surface area contributed by atoms with Crippen LogP contribution in [0.4, 0.5) is 0 Å². The van der Waals surface area contributed by atoms with Gasteiger partial charge < -0.3 is 10.6 Å². The summed E-state index contributed by atoms with van der Waals surface area (Å²) in [7, 11) is 3.50. The van der Waals surface area contributed by atoms with Crippen LogP contribution in [0.3, 0.4) is 0 Å². The van der Waals surface area contributed by atoms with Crippen LogP contribution in [0.2, 0.25) is 0 Å². The first-order valence-electron chi connectivity index (χ1n) is 7.93. The van der Waals surface area contributed by atoms with Crippen LogP contribution in [0.25, 0.3) is 0 Å². The Hall–Kier alpha value is -2.02. The smallest absolute Gasteiger partial charge is 0.231 e. The third kappa shape index (κ3) is 4.72. The van der Waals surface area contributed by atoms with Crippen LogP contribution >= 0.6 is 0 Å². The van der Waals surface area contributed by atoms with Crippen molar-refractivity contribution < 1.29 is 9.59 Å². The molecule has 2 N–H and O–H groups in total. The van der Waals surface area contributed by atoms with Crippen molar-refractivity contribution in [1.82, 2.24) is 19.8 Å². The van der Waals surface area contributed by atoms with Crippen molar-refractivity contribution in [1.29, 1.82) is 0 Å². The number of aromatic nitrogens is 2. The van der Waals surface area contributed by atoms with Crippen molar-refractivity contribution >= 4 is 11.8 Å². The van der Waals surface area contributed by atoms with Crippen LogP contribution in [0.1, 0.15) is 42.5 Å². The van der Waals surface area contributed by atoms with Gasteiger partial charge in [-0.1, -0.05) is 0 Å².